The minimum atomic E-state index is -0.143. The van der Waals surface area contributed by atoms with E-state index >= 15 is 0 Å². The first-order valence-corrected chi connectivity index (χ1v) is 10.2. The number of benzene rings is 1. The number of carbonyl (C=O) groups excluding carboxylic acids is 2. The van der Waals surface area contributed by atoms with Crippen LogP contribution in [-0.2, 0) is 14.3 Å². The number of esters is 1. The molecule has 2 aliphatic heterocycles. The van der Waals surface area contributed by atoms with Crippen molar-refractivity contribution in [2.24, 2.45) is 5.92 Å². The number of piperidine rings is 2. The summed E-state index contributed by atoms with van der Waals surface area (Å²) in [5.74, 6) is -0.295. The quantitative estimate of drug-likeness (QED) is 0.777. The normalized spacial score (nSPS) is 20.9. The van der Waals surface area contributed by atoms with Crippen molar-refractivity contribution in [1.82, 2.24) is 4.90 Å². The molecule has 0 saturated carbocycles. The van der Waals surface area contributed by atoms with Crippen LogP contribution in [0.1, 0.15) is 39.0 Å². The van der Waals surface area contributed by atoms with Crippen molar-refractivity contribution < 1.29 is 14.3 Å². The molecule has 2 heterocycles. The van der Waals surface area contributed by atoms with Crippen LogP contribution in [0.25, 0.3) is 0 Å². The van der Waals surface area contributed by atoms with Crippen molar-refractivity contribution in [2.45, 2.75) is 39.0 Å². The van der Waals surface area contributed by atoms with E-state index < -0.39 is 0 Å². The first kappa shape index (κ1) is 19.7. The number of carbonyl (C=O) groups is 2. The number of rotatable bonds is 6. The van der Waals surface area contributed by atoms with E-state index in [2.05, 4.69) is 22.3 Å². The third-order valence-electron chi connectivity index (χ3n) is 5.36. The molecule has 3 rings (SSSR count). The number of hydrogen-bond acceptors (Lipinski definition) is 5. The van der Waals surface area contributed by atoms with Gasteiger partial charge in [-0.25, -0.2) is 0 Å². The first-order valence-electron chi connectivity index (χ1n) is 10.2. The molecule has 6 heteroatoms. The Morgan fingerprint density at radius 3 is 2.52 bits per heavy atom. The van der Waals surface area contributed by atoms with Crippen LogP contribution in [0.3, 0.4) is 0 Å². The summed E-state index contributed by atoms with van der Waals surface area (Å²) in [5, 5.41) is 2.97. The summed E-state index contributed by atoms with van der Waals surface area (Å²) in [6.07, 6.45) is 5.58. The monoisotopic (exact) mass is 373 g/mol. The molecule has 148 valence electrons. The number of likely N-dealkylation sites (tertiary alicyclic amines) is 1. The predicted octanol–water partition coefficient (Wildman–Crippen LogP) is 2.89. The largest absolute Gasteiger partial charge is 0.466 e. The van der Waals surface area contributed by atoms with Crippen molar-refractivity contribution in [3.63, 3.8) is 0 Å². The molecule has 1 aromatic carbocycles. The highest BCUT2D eigenvalue weighted by atomic mass is 16.5. The molecule has 2 aliphatic rings. The van der Waals surface area contributed by atoms with Gasteiger partial charge in [0.2, 0.25) is 5.91 Å². The zero-order valence-electron chi connectivity index (χ0n) is 16.3. The van der Waals surface area contributed by atoms with Crippen LogP contribution in [0.15, 0.2) is 24.3 Å². The second-order valence-corrected chi connectivity index (χ2v) is 7.47. The van der Waals surface area contributed by atoms with Crippen molar-refractivity contribution in [1.29, 1.82) is 0 Å². The Kier molecular flexibility index (Phi) is 7.10. The van der Waals surface area contributed by atoms with Crippen molar-refractivity contribution >= 4 is 23.3 Å². The van der Waals surface area contributed by atoms with E-state index in [0.29, 0.717) is 19.7 Å². The number of nitrogens with one attached hydrogen (secondary N) is 1. The van der Waals surface area contributed by atoms with Gasteiger partial charge in [-0.3, -0.25) is 14.5 Å². The van der Waals surface area contributed by atoms with Gasteiger partial charge in [-0.2, -0.15) is 0 Å². The average Bonchev–Trinajstić information content (AvgIpc) is 2.69. The molecule has 1 unspecified atom stereocenters. The zero-order valence-corrected chi connectivity index (χ0v) is 16.3. The third kappa shape index (κ3) is 5.70. The molecule has 0 radical (unpaired) electrons. The second kappa shape index (κ2) is 9.74. The van der Waals surface area contributed by atoms with Crippen molar-refractivity contribution in [3.05, 3.63) is 24.3 Å². The van der Waals surface area contributed by atoms with Gasteiger partial charge in [0.25, 0.3) is 0 Å². The summed E-state index contributed by atoms with van der Waals surface area (Å²) < 4.78 is 5.12. The molecular formula is C21H31N3O3. The van der Waals surface area contributed by atoms with Gasteiger partial charge in [0, 0.05) is 31.0 Å². The van der Waals surface area contributed by atoms with Crippen LogP contribution in [0.5, 0.6) is 0 Å². The lowest BCUT2D eigenvalue weighted by atomic mass is 9.98. The molecule has 2 fully saturated rings. The highest BCUT2D eigenvalue weighted by Gasteiger charge is 2.27. The summed E-state index contributed by atoms with van der Waals surface area (Å²) in [6.45, 7) is 6.21. The van der Waals surface area contributed by atoms with Gasteiger partial charge in [0.05, 0.1) is 19.1 Å². The molecule has 0 aromatic heterocycles. The van der Waals surface area contributed by atoms with Gasteiger partial charge < -0.3 is 15.0 Å². The van der Waals surface area contributed by atoms with Gasteiger partial charge >= 0.3 is 5.97 Å². The smallest absolute Gasteiger partial charge is 0.310 e. The van der Waals surface area contributed by atoms with Crippen LogP contribution in [0.4, 0.5) is 11.4 Å². The molecule has 1 amide bonds. The number of amides is 1. The summed E-state index contributed by atoms with van der Waals surface area (Å²) >= 11 is 0. The molecule has 1 aromatic rings. The molecule has 0 aliphatic carbocycles. The minimum absolute atomic E-state index is 0.0368. The fourth-order valence-electron chi connectivity index (χ4n) is 3.96. The highest BCUT2D eigenvalue weighted by molar-refractivity contribution is 5.92. The summed E-state index contributed by atoms with van der Waals surface area (Å²) in [6, 6.07) is 8.11. The van der Waals surface area contributed by atoms with Crippen LogP contribution in [-0.4, -0.2) is 56.1 Å². The number of ether oxygens (including phenoxy) is 1. The molecule has 27 heavy (non-hydrogen) atoms. The van der Waals surface area contributed by atoms with Crippen molar-refractivity contribution in [3.8, 4) is 0 Å². The Labute approximate surface area is 161 Å². The summed E-state index contributed by atoms with van der Waals surface area (Å²) in [4.78, 5) is 28.8. The molecule has 0 bridgehead atoms. The SMILES string of the molecule is CCOC(=O)C1CCCN(CC(=O)Nc2ccc(N3CCCCC3)cc2)C1. The van der Waals surface area contributed by atoms with Gasteiger partial charge in [-0.1, -0.05) is 0 Å². The van der Waals surface area contributed by atoms with E-state index in [1.807, 2.05) is 24.0 Å². The second-order valence-electron chi connectivity index (χ2n) is 7.47. The lowest BCUT2D eigenvalue weighted by Gasteiger charge is -2.31. The van der Waals surface area contributed by atoms with Crippen LogP contribution >= 0.6 is 0 Å². The summed E-state index contributed by atoms with van der Waals surface area (Å²) in [5.41, 5.74) is 2.04. The predicted molar refractivity (Wildman–Crippen MR) is 107 cm³/mol. The Morgan fingerprint density at radius 1 is 1.07 bits per heavy atom. The van der Waals surface area contributed by atoms with Gasteiger partial charge in [-0.05, 0) is 69.8 Å². The van der Waals surface area contributed by atoms with E-state index in [1.54, 1.807) is 0 Å². The molecular weight excluding hydrogens is 342 g/mol. The third-order valence-corrected chi connectivity index (χ3v) is 5.36. The lowest BCUT2D eigenvalue weighted by molar-refractivity contribution is -0.150. The van der Waals surface area contributed by atoms with E-state index in [1.165, 1.54) is 24.9 Å². The van der Waals surface area contributed by atoms with E-state index in [4.69, 9.17) is 4.74 Å². The zero-order chi connectivity index (χ0) is 19.1. The van der Waals surface area contributed by atoms with Crippen LogP contribution in [0, 0.1) is 5.92 Å². The maximum absolute atomic E-state index is 12.4. The number of anilines is 2. The van der Waals surface area contributed by atoms with E-state index in [0.717, 1.165) is 38.2 Å². The maximum Gasteiger partial charge on any atom is 0.310 e. The Bertz CT molecular complexity index is 626. The fraction of sp³-hybridized carbons (Fsp3) is 0.619. The van der Waals surface area contributed by atoms with E-state index in [9.17, 15) is 9.59 Å². The highest BCUT2D eigenvalue weighted by Crippen LogP contribution is 2.22. The summed E-state index contributed by atoms with van der Waals surface area (Å²) in [7, 11) is 0. The Balaban J connectivity index is 1.47. The number of nitrogens with zero attached hydrogens (tertiary/aromatic N) is 2. The molecule has 1 N–H and O–H groups in total. The van der Waals surface area contributed by atoms with Gasteiger partial charge in [0.15, 0.2) is 0 Å². The minimum Gasteiger partial charge on any atom is -0.466 e. The van der Waals surface area contributed by atoms with Crippen LogP contribution < -0.4 is 10.2 Å². The lowest BCUT2D eigenvalue weighted by Crippen LogP contribution is -2.43. The molecule has 1 atom stereocenters. The topological polar surface area (TPSA) is 61.9 Å². The van der Waals surface area contributed by atoms with Crippen molar-refractivity contribution in [2.75, 3.05) is 49.5 Å². The van der Waals surface area contributed by atoms with Gasteiger partial charge in [0.1, 0.15) is 0 Å². The molecule has 6 nitrogen and oxygen atoms in total. The Morgan fingerprint density at radius 2 is 1.81 bits per heavy atom. The standard InChI is InChI=1S/C21H31N3O3/c1-2-27-21(26)17-7-6-12-23(15-17)16-20(25)22-18-8-10-19(11-9-18)24-13-4-3-5-14-24/h8-11,17H,2-7,12-16H2,1H3,(H,22,25). The Hall–Kier alpha value is -2.08. The first-order chi connectivity index (χ1) is 13.2. The van der Waals surface area contributed by atoms with Gasteiger partial charge in [-0.15, -0.1) is 0 Å². The van der Waals surface area contributed by atoms with Crippen LogP contribution in [0.2, 0.25) is 0 Å². The van der Waals surface area contributed by atoms with E-state index in [-0.39, 0.29) is 17.8 Å². The fourth-order valence-corrected chi connectivity index (χ4v) is 3.96. The number of hydrogen-bond donors (Lipinski definition) is 1. The molecule has 2 saturated heterocycles. The average molecular weight is 373 g/mol. The maximum atomic E-state index is 12.4. The molecule has 0 spiro atoms.